The Hall–Kier alpha value is -3.71. The molecule has 0 fully saturated rings. The van der Waals surface area contributed by atoms with Crippen molar-refractivity contribution < 1.29 is 9.72 Å². The van der Waals surface area contributed by atoms with Crippen LogP contribution in [0.3, 0.4) is 0 Å². The molecule has 0 saturated carbocycles. The maximum absolute atomic E-state index is 13.7. The highest BCUT2D eigenvalue weighted by Crippen LogP contribution is 2.48. The Kier molecular flexibility index (Phi) is 5.81. The molecule has 5 rings (SSSR count). The summed E-state index contributed by atoms with van der Waals surface area (Å²) in [4.78, 5) is 31.3. The molecule has 1 aromatic heterocycles. The van der Waals surface area contributed by atoms with Gasteiger partial charge in [0.2, 0.25) is 0 Å². The summed E-state index contributed by atoms with van der Waals surface area (Å²) in [6.07, 6.45) is 2.82. The number of nitrogens with one attached hydrogen (secondary N) is 1. The lowest BCUT2D eigenvalue weighted by molar-refractivity contribution is -0.384. The molecule has 3 aromatic rings. The number of anilines is 2. The summed E-state index contributed by atoms with van der Waals surface area (Å²) in [5.74, 6) is 0.0484. The number of nitrogens with zero attached hydrogens (tertiary/aromatic N) is 3. The molecule has 1 aliphatic carbocycles. The minimum absolute atomic E-state index is 0.00756. The highest BCUT2D eigenvalue weighted by atomic mass is 35.5. The molecule has 0 radical (unpaired) electrons. The number of para-hydroxylation sites is 2. The summed E-state index contributed by atoms with van der Waals surface area (Å²) in [5.41, 5.74) is 4.72. The van der Waals surface area contributed by atoms with Crippen LogP contribution < -0.4 is 10.2 Å². The molecule has 1 N–H and O–H groups in total. The smallest absolute Gasteiger partial charge is 0.269 e. The maximum Gasteiger partial charge on any atom is 0.269 e. The average Bonchev–Trinajstić information content (AvgIpc) is 2.94. The average molecular weight is 489 g/mol. The van der Waals surface area contributed by atoms with Crippen molar-refractivity contribution in [1.29, 1.82) is 0 Å². The Labute approximate surface area is 208 Å². The van der Waals surface area contributed by atoms with Crippen molar-refractivity contribution in [2.24, 2.45) is 5.41 Å². The van der Waals surface area contributed by atoms with E-state index in [9.17, 15) is 14.9 Å². The lowest BCUT2D eigenvalue weighted by Crippen LogP contribution is -2.36. The van der Waals surface area contributed by atoms with E-state index in [0.29, 0.717) is 35.7 Å². The van der Waals surface area contributed by atoms with Crippen LogP contribution in [0.25, 0.3) is 0 Å². The molecular weight excluding hydrogens is 464 g/mol. The van der Waals surface area contributed by atoms with Crippen LogP contribution in [-0.2, 0) is 11.3 Å². The zero-order valence-corrected chi connectivity index (χ0v) is 20.2. The highest BCUT2D eigenvalue weighted by molar-refractivity contribution is 6.29. The summed E-state index contributed by atoms with van der Waals surface area (Å²) in [6.45, 7) is 4.61. The first-order valence-electron chi connectivity index (χ1n) is 11.5. The number of Topliss-reactive ketones (excluding diaryl/α,β-unsaturated/α-hetero) is 1. The van der Waals surface area contributed by atoms with E-state index in [-0.39, 0.29) is 16.9 Å². The first-order chi connectivity index (χ1) is 16.7. The second kappa shape index (κ2) is 8.82. The van der Waals surface area contributed by atoms with Gasteiger partial charge in [-0.05, 0) is 41.2 Å². The molecule has 0 amide bonds. The van der Waals surface area contributed by atoms with Gasteiger partial charge in [-0.25, -0.2) is 4.98 Å². The van der Waals surface area contributed by atoms with Gasteiger partial charge in [-0.15, -0.1) is 0 Å². The Morgan fingerprint density at radius 3 is 2.69 bits per heavy atom. The standard InChI is InChI=1S/C27H25ClN4O3/c1-27(2)13-21-25(23(33)14-27)26(18-6-5-7-19(12-18)32(34)35)31(16-17-10-11-24(28)29-15-17)22-9-4-3-8-20(22)30-21/h3-12,15,26,30H,13-14,16H2,1-2H3/t26-/m0/s1. The highest BCUT2D eigenvalue weighted by Gasteiger charge is 2.41. The van der Waals surface area contributed by atoms with Crippen LogP contribution in [0.1, 0.15) is 43.9 Å². The van der Waals surface area contributed by atoms with Crippen LogP contribution in [0.2, 0.25) is 5.15 Å². The fourth-order valence-corrected chi connectivity index (χ4v) is 5.19. The number of rotatable bonds is 4. The Morgan fingerprint density at radius 2 is 1.94 bits per heavy atom. The number of hydrogen-bond donors (Lipinski definition) is 1. The molecule has 0 bridgehead atoms. The van der Waals surface area contributed by atoms with E-state index in [2.05, 4.69) is 29.0 Å². The summed E-state index contributed by atoms with van der Waals surface area (Å²) in [6, 6.07) is 17.6. The summed E-state index contributed by atoms with van der Waals surface area (Å²) in [7, 11) is 0. The molecule has 8 heteroatoms. The van der Waals surface area contributed by atoms with Gasteiger partial charge in [0, 0.05) is 42.6 Å². The molecule has 7 nitrogen and oxygen atoms in total. The molecule has 2 heterocycles. The zero-order chi connectivity index (χ0) is 24.7. The summed E-state index contributed by atoms with van der Waals surface area (Å²) < 4.78 is 0. The van der Waals surface area contributed by atoms with E-state index in [4.69, 9.17) is 11.6 Å². The molecule has 2 aromatic carbocycles. The minimum Gasteiger partial charge on any atom is -0.357 e. The second-order valence-corrected chi connectivity index (χ2v) is 10.2. The Bertz CT molecular complexity index is 1350. The molecule has 1 aliphatic heterocycles. The number of carbonyl (C=O) groups excluding carboxylic acids is 1. The van der Waals surface area contributed by atoms with Gasteiger partial charge in [0.25, 0.3) is 5.69 Å². The first kappa shape index (κ1) is 23.1. The Morgan fingerprint density at radius 1 is 1.14 bits per heavy atom. The minimum atomic E-state index is -0.514. The van der Waals surface area contributed by atoms with Crippen molar-refractivity contribution in [3.05, 3.63) is 105 Å². The quantitative estimate of drug-likeness (QED) is 0.257. The van der Waals surface area contributed by atoms with E-state index in [0.717, 1.165) is 22.6 Å². The van der Waals surface area contributed by atoms with Gasteiger partial charge in [0.05, 0.1) is 22.3 Å². The molecular formula is C27H25ClN4O3. The number of carbonyl (C=O) groups is 1. The molecule has 0 spiro atoms. The molecule has 0 unspecified atom stereocenters. The van der Waals surface area contributed by atoms with Gasteiger partial charge in [0.15, 0.2) is 5.78 Å². The lowest BCUT2D eigenvalue weighted by Gasteiger charge is -2.38. The first-order valence-corrected chi connectivity index (χ1v) is 11.8. The van der Waals surface area contributed by atoms with E-state index in [1.165, 1.54) is 6.07 Å². The number of hydrogen-bond acceptors (Lipinski definition) is 6. The van der Waals surface area contributed by atoms with Gasteiger partial charge in [-0.1, -0.05) is 55.8 Å². The normalized spacial score (nSPS) is 18.9. The number of allylic oxidation sites excluding steroid dienone is 1. The van der Waals surface area contributed by atoms with Crippen molar-refractivity contribution in [3.8, 4) is 0 Å². The summed E-state index contributed by atoms with van der Waals surface area (Å²) >= 11 is 6.02. The van der Waals surface area contributed by atoms with Gasteiger partial charge in [-0.3, -0.25) is 14.9 Å². The SMILES string of the molecule is CC1(C)CC(=O)C2=C(C1)Nc1ccccc1N(Cc1ccc(Cl)nc1)[C@H]2c1cccc([N+](=O)[O-])c1. The number of pyridine rings is 1. The van der Waals surface area contributed by atoms with Crippen LogP contribution >= 0.6 is 11.6 Å². The number of benzene rings is 2. The Balaban J connectivity index is 1.75. The van der Waals surface area contributed by atoms with Crippen LogP contribution in [0.15, 0.2) is 78.1 Å². The van der Waals surface area contributed by atoms with Crippen molar-refractivity contribution >= 4 is 34.4 Å². The predicted molar refractivity (Wildman–Crippen MR) is 136 cm³/mol. The number of non-ortho nitro benzene ring substituents is 1. The number of aromatic nitrogens is 1. The van der Waals surface area contributed by atoms with Crippen molar-refractivity contribution in [1.82, 2.24) is 4.98 Å². The van der Waals surface area contributed by atoms with E-state index in [1.807, 2.05) is 36.4 Å². The third-order valence-corrected chi connectivity index (χ3v) is 6.77. The predicted octanol–water partition coefficient (Wildman–Crippen LogP) is 6.46. The number of halogens is 1. The van der Waals surface area contributed by atoms with Gasteiger partial charge >= 0.3 is 0 Å². The van der Waals surface area contributed by atoms with Crippen LogP contribution in [0.4, 0.5) is 17.1 Å². The monoisotopic (exact) mass is 488 g/mol. The molecule has 35 heavy (non-hydrogen) atoms. The third kappa shape index (κ3) is 4.51. The number of nitro benzene ring substituents is 1. The third-order valence-electron chi connectivity index (χ3n) is 6.54. The second-order valence-electron chi connectivity index (χ2n) is 9.85. The van der Waals surface area contributed by atoms with Gasteiger partial charge in [0.1, 0.15) is 5.15 Å². The maximum atomic E-state index is 13.7. The fraction of sp³-hybridized carbons (Fsp3) is 0.259. The number of nitro groups is 1. The van der Waals surface area contributed by atoms with Crippen LogP contribution in [0, 0.1) is 15.5 Å². The van der Waals surface area contributed by atoms with E-state index in [1.54, 1.807) is 24.4 Å². The number of fused-ring (bicyclic) bond motifs is 1. The van der Waals surface area contributed by atoms with E-state index >= 15 is 0 Å². The van der Waals surface area contributed by atoms with Gasteiger partial charge < -0.3 is 10.2 Å². The lowest BCUT2D eigenvalue weighted by atomic mass is 9.73. The molecule has 0 saturated heterocycles. The van der Waals surface area contributed by atoms with Gasteiger partial charge in [-0.2, -0.15) is 0 Å². The molecule has 178 valence electrons. The zero-order valence-electron chi connectivity index (χ0n) is 19.5. The van der Waals surface area contributed by atoms with Crippen molar-refractivity contribution in [2.45, 2.75) is 39.3 Å². The fourth-order valence-electron chi connectivity index (χ4n) is 5.08. The number of ketones is 1. The van der Waals surface area contributed by atoms with E-state index < -0.39 is 11.0 Å². The molecule has 1 atom stereocenters. The molecule has 2 aliphatic rings. The van der Waals surface area contributed by atoms with Crippen molar-refractivity contribution in [2.75, 3.05) is 10.2 Å². The van der Waals surface area contributed by atoms with Crippen LogP contribution in [-0.4, -0.2) is 15.7 Å². The van der Waals surface area contributed by atoms with Crippen LogP contribution in [0.5, 0.6) is 0 Å². The summed E-state index contributed by atoms with van der Waals surface area (Å²) in [5, 5.41) is 15.6. The topological polar surface area (TPSA) is 88.4 Å². The van der Waals surface area contributed by atoms with Crippen molar-refractivity contribution in [3.63, 3.8) is 0 Å². The largest absolute Gasteiger partial charge is 0.357 e.